The van der Waals surface area contributed by atoms with Crippen LogP contribution in [0.2, 0.25) is 0 Å². The first-order valence-corrected chi connectivity index (χ1v) is 5.75. The molecule has 1 aromatic rings. The quantitative estimate of drug-likeness (QED) is 0.789. The van der Waals surface area contributed by atoms with Gasteiger partial charge in [0, 0.05) is 5.92 Å². The molecule has 0 radical (unpaired) electrons. The average molecular weight is 257 g/mol. The van der Waals surface area contributed by atoms with Gasteiger partial charge in [0.15, 0.2) is 5.90 Å². The molecule has 98 valence electrons. The van der Waals surface area contributed by atoms with Crippen molar-refractivity contribution in [3.05, 3.63) is 35.4 Å². The van der Waals surface area contributed by atoms with Crippen molar-refractivity contribution in [2.24, 2.45) is 10.9 Å². The fourth-order valence-electron chi connectivity index (χ4n) is 1.77. The summed E-state index contributed by atoms with van der Waals surface area (Å²) in [5.74, 6) is 0.865. The van der Waals surface area contributed by atoms with Crippen LogP contribution in [0.25, 0.3) is 0 Å². The predicted octanol–water partition coefficient (Wildman–Crippen LogP) is 3.83. The second kappa shape index (κ2) is 4.63. The molecule has 1 heterocycles. The topological polar surface area (TPSA) is 21.6 Å². The lowest BCUT2D eigenvalue weighted by molar-refractivity contribution is -0.137. The zero-order valence-electron chi connectivity index (χ0n) is 10.2. The van der Waals surface area contributed by atoms with Crippen LogP contribution in [0, 0.1) is 5.92 Å². The van der Waals surface area contributed by atoms with E-state index in [2.05, 4.69) is 4.99 Å². The van der Waals surface area contributed by atoms with E-state index in [1.165, 1.54) is 12.1 Å². The van der Waals surface area contributed by atoms with Gasteiger partial charge in [-0.3, -0.25) is 0 Å². The molecule has 0 aliphatic carbocycles. The van der Waals surface area contributed by atoms with Gasteiger partial charge >= 0.3 is 6.18 Å². The first-order valence-electron chi connectivity index (χ1n) is 5.75. The number of hydrogen-bond acceptors (Lipinski definition) is 2. The standard InChI is InChI=1S/C13H14F3NO/c1-8(2)12-17-11(7-18-12)9-3-5-10(6-4-9)13(14,15)16/h3-6,8,11H,7H2,1-2H3/t11-/m1/s1. The van der Waals surface area contributed by atoms with Crippen LogP contribution in [-0.4, -0.2) is 12.5 Å². The van der Waals surface area contributed by atoms with Crippen LogP contribution in [0.1, 0.15) is 31.0 Å². The van der Waals surface area contributed by atoms with Crippen molar-refractivity contribution < 1.29 is 17.9 Å². The molecular weight excluding hydrogens is 243 g/mol. The number of rotatable bonds is 2. The molecule has 0 bridgehead atoms. The fourth-order valence-corrected chi connectivity index (χ4v) is 1.77. The highest BCUT2D eigenvalue weighted by atomic mass is 19.4. The molecular formula is C13H14F3NO. The van der Waals surface area contributed by atoms with Crippen molar-refractivity contribution in [1.29, 1.82) is 0 Å². The van der Waals surface area contributed by atoms with Gasteiger partial charge in [-0.05, 0) is 17.7 Å². The van der Waals surface area contributed by atoms with Gasteiger partial charge in [-0.15, -0.1) is 0 Å². The van der Waals surface area contributed by atoms with Gasteiger partial charge in [0.05, 0.1) is 5.56 Å². The van der Waals surface area contributed by atoms with Gasteiger partial charge in [-0.25, -0.2) is 4.99 Å². The largest absolute Gasteiger partial charge is 0.478 e. The smallest absolute Gasteiger partial charge is 0.416 e. The number of hydrogen-bond donors (Lipinski definition) is 0. The van der Waals surface area contributed by atoms with Gasteiger partial charge < -0.3 is 4.74 Å². The van der Waals surface area contributed by atoms with E-state index in [4.69, 9.17) is 4.74 Å². The minimum Gasteiger partial charge on any atom is -0.478 e. The number of ether oxygens (including phenoxy) is 1. The molecule has 0 fully saturated rings. The first-order chi connectivity index (χ1) is 8.38. The Kier molecular flexibility index (Phi) is 3.32. The maximum atomic E-state index is 12.4. The van der Waals surface area contributed by atoms with Gasteiger partial charge in [-0.1, -0.05) is 26.0 Å². The fraction of sp³-hybridized carbons (Fsp3) is 0.462. The molecule has 2 nitrogen and oxygen atoms in total. The molecule has 0 amide bonds. The van der Waals surface area contributed by atoms with Crippen molar-refractivity contribution in [2.75, 3.05) is 6.61 Å². The van der Waals surface area contributed by atoms with E-state index in [0.717, 1.165) is 17.7 Å². The Morgan fingerprint density at radius 2 is 1.83 bits per heavy atom. The summed E-state index contributed by atoms with van der Waals surface area (Å²) in [5, 5.41) is 0. The Labute approximate surface area is 103 Å². The van der Waals surface area contributed by atoms with Crippen LogP contribution in [-0.2, 0) is 10.9 Å². The number of alkyl halides is 3. The molecule has 1 atom stereocenters. The van der Waals surface area contributed by atoms with Crippen molar-refractivity contribution in [1.82, 2.24) is 0 Å². The molecule has 0 saturated carbocycles. The van der Waals surface area contributed by atoms with E-state index in [-0.39, 0.29) is 12.0 Å². The average Bonchev–Trinajstić information content (AvgIpc) is 2.77. The Bertz CT molecular complexity index is 448. The third kappa shape index (κ3) is 2.66. The van der Waals surface area contributed by atoms with Gasteiger partial charge in [0.25, 0.3) is 0 Å². The lowest BCUT2D eigenvalue weighted by atomic mass is 10.1. The molecule has 0 saturated heterocycles. The van der Waals surface area contributed by atoms with Crippen molar-refractivity contribution in [3.8, 4) is 0 Å². The molecule has 1 aliphatic heterocycles. The number of nitrogens with zero attached hydrogens (tertiary/aromatic N) is 1. The third-order valence-corrected chi connectivity index (χ3v) is 2.79. The predicted molar refractivity (Wildman–Crippen MR) is 62.4 cm³/mol. The Morgan fingerprint density at radius 1 is 1.22 bits per heavy atom. The van der Waals surface area contributed by atoms with E-state index >= 15 is 0 Å². The summed E-state index contributed by atoms with van der Waals surface area (Å²) in [6, 6.07) is 4.90. The lowest BCUT2D eigenvalue weighted by Gasteiger charge is -2.09. The molecule has 0 unspecified atom stereocenters. The van der Waals surface area contributed by atoms with Gasteiger partial charge in [-0.2, -0.15) is 13.2 Å². The van der Waals surface area contributed by atoms with Crippen molar-refractivity contribution in [2.45, 2.75) is 26.1 Å². The van der Waals surface area contributed by atoms with E-state index < -0.39 is 11.7 Å². The Balaban J connectivity index is 2.17. The SMILES string of the molecule is CC(C)C1=N[C@@H](c2ccc(C(F)(F)F)cc2)CO1. The molecule has 1 aromatic carbocycles. The zero-order valence-corrected chi connectivity index (χ0v) is 10.2. The van der Waals surface area contributed by atoms with E-state index in [1.54, 1.807) is 0 Å². The maximum absolute atomic E-state index is 12.4. The lowest BCUT2D eigenvalue weighted by Crippen LogP contribution is -2.06. The van der Waals surface area contributed by atoms with E-state index in [0.29, 0.717) is 12.5 Å². The molecule has 18 heavy (non-hydrogen) atoms. The van der Waals surface area contributed by atoms with Gasteiger partial charge in [0.1, 0.15) is 12.6 Å². The molecule has 2 rings (SSSR count). The Morgan fingerprint density at radius 3 is 2.28 bits per heavy atom. The van der Waals surface area contributed by atoms with Crippen LogP contribution in [0.15, 0.2) is 29.3 Å². The highest BCUT2D eigenvalue weighted by Gasteiger charge is 2.30. The van der Waals surface area contributed by atoms with Crippen LogP contribution >= 0.6 is 0 Å². The number of aliphatic imine (C=N–C) groups is 1. The number of benzene rings is 1. The van der Waals surface area contributed by atoms with Crippen LogP contribution in [0.3, 0.4) is 0 Å². The summed E-state index contributed by atoms with van der Waals surface area (Å²) < 4.78 is 42.6. The zero-order chi connectivity index (χ0) is 13.3. The molecule has 0 spiro atoms. The first kappa shape index (κ1) is 12.9. The normalized spacial score (nSPS) is 19.9. The van der Waals surface area contributed by atoms with Crippen LogP contribution < -0.4 is 0 Å². The molecule has 0 aromatic heterocycles. The van der Waals surface area contributed by atoms with E-state index in [1.807, 2.05) is 13.8 Å². The summed E-state index contributed by atoms with van der Waals surface area (Å²) in [6.45, 7) is 4.33. The second-order valence-electron chi connectivity index (χ2n) is 4.57. The van der Waals surface area contributed by atoms with Crippen LogP contribution in [0.4, 0.5) is 13.2 Å². The minimum absolute atomic E-state index is 0.190. The van der Waals surface area contributed by atoms with Crippen molar-refractivity contribution >= 4 is 5.90 Å². The highest BCUT2D eigenvalue weighted by molar-refractivity contribution is 5.79. The molecule has 5 heteroatoms. The molecule has 0 N–H and O–H groups in total. The molecule has 1 aliphatic rings. The van der Waals surface area contributed by atoms with E-state index in [9.17, 15) is 13.2 Å². The summed E-state index contributed by atoms with van der Waals surface area (Å²) in [5.41, 5.74) is 0.108. The number of halogens is 3. The maximum Gasteiger partial charge on any atom is 0.416 e. The van der Waals surface area contributed by atoms with Crippen molar-refractivity contribution in [3.63, 3.8) is 0 Å². The summed E-state index contributed by atoms with van der Waals surface area (Å²) in [6.07, 6.45) is -4.29. The summed E-state index contributed by atoms with van der Waals surface area (Å²) >= 11 is 0. The Hall–Kier alpha value is -1.52. The highest BCUT2D eigenvalue weighted by Crippen LogP contribution is 2.31. The second-order valence-corrected chi connectivity index (χ2v) is 4.57. The summed E-state index contributed by atoms with van der Waals surface area (Å²) in [7, 11) is 0. The third-order valence-electron chi connectivity index (χ3n) is 2.79. The van der Waals surface area contributed by atoms with Crippen LogP contribution in [0.5, 0.6) is 0 Å². The minimum atomic E-state index is -4.29. The monoisotopic (exact) mass is 257 g/mol. The summed E-state index contributed by atoms with van der Waals surface area (Å²) in [4.78, 5) is 4.36. The van der Waals surface area contributed by atoms with Gasteiger partial charge in [0.2, 0.25) is 0 Å².